The molecule has 0 amide bonds. The molecule has 0 N–H and O–H groups in total. The van der Waals surface area contributed by atoms with E-state index in [2.05, 4.69) is 276 Å². The highest BCUT2D eigenvalue weighted by Gasteiger charge is 2.22. The van der Waals surface area contributed by atoms with E-state index in [0.717, 1.165) is 33.9 Å². The molecule has 0 aliphatic rings. The van der Waals surface area contributed by atoms with Gasteiger partial charge in [-0.3, -0.25) is 0 Å². The number of thiophene rings is 1. The summed E-state index contributed by atoms with van der Waals surface area (Å²) in [5.74, 6) is 0. The lowest BCUT2D eigenvalue weighted by molar-refractivity contribution is 1.18. The van der Waals surface area contributed by atoms with Gasteiger partial charge in [0.15, 0.2) is 0 Å². The fourth-order valence-electron chi connectivity index (χ4n) is 10.5. The minimum Gasteiger partial charge on any atom is -0.310 e. The molecule has 0 fully saturated rings. The van der Waals surface area contributed by atoms with E-state index in [-0.39, 0.29) is 0 Å². The summed E-state index contributed by atoms with van der Waals surface area (Å²) in [5, 5.41) is 5.09. The molecule has 13 aromatic rings. The van der Waals surface area contributed by atoms with Crippen molar-refractivity contribution in [2.45, 2.75) is 0 Å². The Kier molecular flexibility index (Phi) is 10.1. The molecule has 0 bridgehead atoms. The minimum atomic E-state index is 1.07. The molecule has 0 spiro atoms. The number of anilines is 3. The average molecular weight is 897 g/mol. The van der Waals surface area contributed by atoms with E-state index in [4.69, 9.17) is 0 Å². The molecule has 0 aliphatic heterocycles. The van der Waals surface area contributed by atoms with Gasteiger partial charge in [-0.1, -0.05) is 194 Å². The Morgan fingerprint density at radius 1 is 0.290 bits per heavy atom. The molecule has 0 unspecified atom stereocenters. The third kappa shape index (κ3) is 7.11. The van der Waals surface area contributed by atoms with Crippen molar-refractivity contribution in [3.05, 3.63) is 267 Å². The SMILES string of the molecule is c1ccc(-c2ccccc2-c2ccccc2-c2ccccc2N(c2ccc(-c3ccc4sc5ccccc5c4c3)cc2)c2cccc(-c3cccc4c3c3ccccc3n4-c3ccccc3)c2)cc1. The van der Waals surface area contributed by atoms with E-state index in [1.807, 2.05) is 11.3 Å². The summed E-state index contributed by atoms with van der Waals surface area (Å²) in [6, 6.07) is 97.5. The van der Waals surface area contributed by atoms with E-state index in [9.17, 15) is 0 Å². The average Bonchev–Trinajstić information content (AvgIpc) is 3.98. The number of fused-ring (bicyclic) bond motifs is 6. The monoisotopic (exact) mass is 896 g/mol. The zero-order valence-electron chi connectivity index (χ0n) is 37.7. The molecule has 69 heavy (non-hydrogen) atoms. The summed E-state index contributed by atoms with van der Waals surface area (Å²) in [7, 11) is 0. The molecule has 2 heterocycles. The molecular weight excluding hydrogens is 853 g/mol. The van der Waals surface area contributed by atoms with Gasteiger partial charge in [-0.15, -0.1) is 11.3 Å². The molecule has 0 saturated carbocycles. The first-order chi connectivity index (χ1) is 34.2. The maximum atomic E-state index is 2.45. The predicted molar refractivity (Wildman–Crippen MR) is 296 cm³/mol. The van der Waals surface area contributed by atoms with Crippen LogP contribution >= 0.6 is 11.3 Å². The molecule has 13 rings (SSSR count). The van der Waals surface area contributed by atoms with Crippen molar-refractivity contribution in [2.75, 3.05) is 4.90 Å². The van der Waals surface area contributed by atoms with Crippen LogP contribution in [0, 0.1) is 0 Å². The smallest absolute Gasteiger partial charge is 0.0547 e. The zero-order valence-corrected chi connectivity index (χ0v) is 38.5. The predicted octanol–water partition coefficient (Wildman–Crippen LogP) is 19.0. The lowest BCUT2D eigenvalue weighted by atomic mass is 9.88. The van der Waals surface area contributed by atoms with Crippen molar-refractivity contribution < 1.29 is 0 Å². The van der Waals surface area contributed by atoms with Gasteiger partial charge in [-0.2, -0.15) is 0 Å². The van der Waals surface area contributed by atoms with Crippen LogP contribution in [-0.2, 0) is 0 Å². The van der Waals surface area contributed by atoms with E-state index in [1.54, 1.807) is 0 Å². The Labute approximate surface area is 405 Å². The van der Waals surface area contributed by atoms with Gasteiger partial charge >= 0.3 is 0 Å². The van der Waals surface area contributed by atoms with Crippen molar-refractivity contribution in [2.24, 2.45) is 0 Å². The summed E-state index contributed by atoms with van der Waals surface area (Å²) in [4.78, 5) is 2.45. The highest BCUT2D eigenvalue weighted by molar-refractivity contribution is 7.25. The summed E-state index contributed by atoms with van der Waals surface area (Å²) in [6.07, 6.45) is 0. The molecule has 2 nitrogen and oxygen atoms in total. The van der Waals surface area contributed by atoms with Crippen molar-refractivity contribution in [1.29, 1.82) is 0 Å². The quantitative estimate of drug-likeness (QED) is 0.140. The molecule has 0 atom stereocenters. The normalized spacial score (nSPS) is 11.5. The Morgan fingerprint density at radius 2 is 0.841 bits per heavy atom. The maximum absolute atomic E-state index is 2.45. The number of para-hydroxylation sites is 3. The molecule has 3 heteroatoms. The number of benzene rings is 11. The van der Waals surface area contributed by atoms with Crippen LogP contribution in [0.5, 0.6) is 0 Å². The molecule has 11 aromatic carbocycles. The Bertz CT molecular complexity index is 4010. The van der Waals surface area contributed by atoms with Crippen molar-refractivity contribution >= 4 is 70.4 Å². The summed E-state index contributed by atoms with van der Waals surface area (Å²) in [6.45, 7) is 0. The third-order valence-corrected chi connectivity index (χ3v) is 14.8. The van der Waals surface area contributed by atoms with Crippen molar-refractivity contribution in [3.63, 3.8) is 0 Å². The van der Waals surface area contributed by atoms with Gasteiger partial charge in [0.05, 0.1) is 16.7 Å². The van der Waals surface area contributed by atoms with Gasteiger partial charge in [0.2, 0.25) is 0 Å². The van der Waals surface area contributed by atoms with Crippen LogP contribution in [0.1, 0.15) is 0 Å². The first kappa shape index (κ1) is 40.5. The largest absolute Gasteiger partial charge is 0.310 e. The highest BCUT2D eigenvalue weighted by Crippen LogP contribution is 2.47. The number of aromatic nitrogens is 1. The van der Waals surface area contributed by atoms with Crippen LogP contribution < -0.4 is 4.90 Å². The molecule has 0 radical (unpaired) electrons. The Hall–Kier alpha value is -8.76. The van der Waals surface area contributed by atoms with E-state index in [1.165, 1.54) is 86.5 Å². The van der Waals surface area contributed by atoms with Crippen LogP contribution in [0.15, 0.2) is 267 Å². The second kappa shape index (κ2) is 17.2. The second-order valence-electron chi connectivity index (χ2n) is 17.6. The van der Waals surface area contributed by atoms with Gasteiger partial charge in [-0.25, -0.2) is 0 Å². The van der Waals surface area contributed by atoms with Gasteiger partial charge < -0.3 is 9.47 Å². The fraction of sp³-hybridized carbons (Fsp3) is 0. The molecular formula is C66H44N2S. The zero-order chi connectivity index (χ0) is 45.7. The number of rotatable bonds is 9. The Balaban J connectivity index is 0.994. The van der Waals surface area contributed by atoms with Crippen LogP contribution in [0.4, 0.5) is 17.1 Å². The summed E-state index contributed by atoms with van der Waals surface area (Å²) in [5.41, 5.74) is 18.6. The van der Waals surface area contributed by atoms with Crippen LogP contribution in [0.3, 0.4) is 0 Å². The van der Waals surface area contributed by atoms with Crippen molar-refractivity contribution in [1.82, 2.24) is 4.57 Å². The summed E-state index contributed by atoms with van der Waals surface area (Å²) >= 11 is 1.86. The van der Waals surface area contributed by atoms with Crippen molar-refractivity contribution in [3.8, 4) is 61.3 Å². The number of hydrogen-bond acceptors (Lipinski definition) is 2. The molecule has 0 saturated heterocycles. The first-order valence-electron chi connectivity index (χ1n) is 23.6. The van der Waals surface area contributed by atoms with Crippen LogP contribution in [-0.4, -0.2) is 4.57 Å². The van der Waals surface area contributed by atoms with Crippen LogP contribution in [0.25, 0.3) is 103 Å². The summed E-state index contributed by atoms with van der Waals surface area (Å²) < 4.78 is 5.03. The Morgan fingerprint density at radius 3 is 1.64 bits per heavy atom. The maximum Gasteiger partial charge on any atom is 0.0547 e. The second-order valence-corrected chi connectivity index (χ2v) is 18.7. The molecule has 324 valence electrons. The van der Waals surface area contributed by atoms with Crippen LogP contribution in [0.2, 0.25) is 0 Å². The van der Waals surface area contributed by atoms with E-state index in [0.29, 0.717) is 0 Å². The lowest BCUT2D eigenvalue weighted by Gasteiger charge is -2.29. The van der Waals surface area contributed by atoms with Gasteiger partial charge in [0.25, 0.3) is 0 Å². The number of nitrogens with zero attached hydrogens (tertiary/aromatic N) is 2. The molecule has 2 aromatic heterocycles. The highest BCUT2D eigenvalue weighted by atomic mass is 32.1. The third-order valence-electron chi connectivity index (χ3n) is 13.6. The lowest BCUT2D eigenvalue weighted by Crippen LogP contribution is -2.11. The van der Waals surface area contributed by atoms with E-state index >= 15 is 0 Å². The fourth-order valence-corrected chi connectivity index (χ4v) is 11.6. The van der Waals surface area contributed by atoms with Gasteiger partial charge in [0.1, 0.15) is 0 Å². The number of hydrogen-bond donors (Lipinski definition) is 0. The first-order valence-corrected chi connectivity index (χ1v) is 24.4. The molecule has 0 aliphatic carbocycles. The topological polar surface area (TPSA) is 8.17 Å². The van der Waals surface area contributed by atoms with Gasteiger partial charge in [-0.05, 0) is 123 Å². The minimum absolute atomic E-state index is 1.07. The van der Waals surface area contributed by atoms with Gasteiger partial charge in [0, 0.05) is 53.6 Å². The standard InChI is InChI=1S/C66H44N2S/c1-3-19-46(20-4-1)52-25-7-8-26-54(52)55-27-9-10-28-56(55)57-29-11-14-33-61(57)67(50-40-37-45(38-41-50)47-39-42-65-60(44-47)58-30-13-16-36-64(58)69-65)51-24-17-21-48(43-51)53-32-18-35-63-66(53)59-31-12-15-34-62(59)68(63)49-22-5-2-6-23-49/h1-44H. The van der Waals surface area contributed by atoms with E-state index < -0.39 is 0 Å².